The third kappa shape index (κ3) is 5.36. The number of aromatic nitrogens is 3. The van der Waals surface area contributed by atoms with Crippen LogP contribution in [0.1, 0.15) is 56.2 Å². The summed E-state index contributed by atoms with van der Waals surface area (Å²) in [5.41, 5.74) is 6.80. The standard InChI is InChI=1S/C29H31N5OS/c1-20-15-17-23(18-16-20)28-32-33-29(34(28)24-11-4-3-5-12-24)36-19-27(35)31-30-21(2)25-14-8-10-22-9-6-7-13-26(22)25/h6-10,13-18,24H,3-5,11-12,19H2,1-2H3,(H,31,35). The lowest BCUT2D eigenvalue weighted by molar-refractivity contribution is -0.118. The minimum atomic E-state index is -0.158. The van der Waals surface area contributed by atoms with Crippen LogP contribution in [0.15, 0.2) is 77.0 Å². The van der Waals surface area contributed by atoms with E-state index in [9.17, 15) is 4.79 Å². The van der Waals surface area contributed by atoms with E-state index in [0.717, 1.165) is 51.4 Å². The number of hydrogen-bond acceptors (Lipinski definition) is 5. The number of carbonyl (C=O) groups excluding carboxylic acids is 1. The Bertz CT molecular complexity index is 1380. The summed E-state index contributed by atoms with van der Waals surface area (Å²) in [6.45, 7) is 4.00. The molecule has 1 aromatic heterocycles. The summed E-state index contributed by atoms with van der Waals surface area (Å²) < 4.78 is 2.26. The topological polar surface area (TPSA) is 72.2 Å². The molecule has 7 heteroatoms. The monoisotopic (exact) mass is 497 g/mol. The quantitative estimate of drug-likeness (QED) is 0.179. The van der Waals surface area contributed by atoms with Crippen LogP contribution in [0, 0.1) is 6.92 Å². The van der Waals surface area contributed by atoms with Crippen molar-refractivity contribution in [1.82, 2.24) is 20.2 Å². The van der Waals surface area contributed by atoms with Crippen molar-refractivity contribution in [3.8, 4) is 11.4 Å². The second kappa shape index (κ2) is 11.1. The minimum Gasteiger partial charge on any atom is -0.299 e. The van der Waals surface area contributed by atoms with E-state index in [0.29, 0.717) is 6.04 Å². The van der Waals surface area contributed by atoms with E-state index in [1.165, 1.54) is 36.6 Å². The van der Waals surface area contributed by atoms with Crippen LogP contribution in [0.4, 0.5) is 0 Å². The van der Waals surface area contributed by atoms with Crippen molar-refractivity contribution in [3.63, 3.8) is 0 Å². The van der Waals surface area contributed by atoms with Crippen molar-refractivity contribution < 1.29 is 4.79 Å². The summed E-state index contributed by atoms with van der Waals surface area (Å²) in [5, 5.41) is 16.5. The number of aryl methyl sites for hydroxylation is 1. The summed E-state index contributed by atoms with van der Waals surface area (Å²) in [4.78, 5) is 12.7. The molecule has 0 radical (unpaired) electrons. The number of nitrogens with zero attached hydrogens (tertiary/aromatic N) is 4. The molecule has 1 aliphatic carbocycles. The number of rotatable bonds is 7. The summed E-state index contributed by atoms with van der Waals surface area (Å²) in [6.07, 6.45) is 5.93. The number of hydrogen-bond donors (Lipinski definition) is 1. The van der Waals surface area contributed by atoms with E-state index < -0.39 is 0 Å². The third-order valence-corrected chi connectivity index (χ3v) is 7.72. The first kappa shape index (κ1) is 24.3. The van der Waals surface area contributed by atoms with Gasteiger partial charge in [0.05, 0.1) is 11.5 Å². The fourth-order valence-electron chi connectivity index (χ4n) is 4.85. The molecule has 0 unspecified atom stereocenters. The van der Waals surface area contributed by atoms with Crippen LogP contribution in [0.3, 0.4) is 0 Å². The highest BCUT2D eigenvalue weighted by atomic mass is 32.2. The zero-order chi connectivity index (χ0) is 24.9. The maximum absolute atomic E-state index is 12.7. The average Bonchev–Trinajstić information content (AvgIpc) is 3.35. The van der Waals surface area contributed by atoms with E-state index in [-0.39, 0.29) is 11.7 Å². The molecule has 5 rings (SSSR count). The minimum absolute atomic E-state index is 0.158. The fourth-order valence-corrected chi connectivity index (χ4v) is 5.65. The van der Waals surface area contributed by atoms with E-state index >= 15 is 0 Å². The highest BCUT2D eigenvalue weighted by molar-refractivity contribution is 7.99. The van der Waals surface area contributed by atoms with Gasteiger partial charge in [0.1, 0.15) is 0 Å². The molecule has 184 valence electrons. The van der Waals surface area contributed by atoms with Crippen molar-refractivity contribution in [2.75, 3.05) is 5.75 Å². The van der Waals surface area contributed by atoms with Gasteiger partial charge in [-0.25, -0.2) is 5.43 Å². The summed E-state index contributed by atoms with van der Waals surface area (Å²) >= 11 is 1.43. The Balaban J connectivity index is 1.31. The molecule has 3 aromatic carbocycles. The molecule has 4 aromatic rings. The highest BCUT2D eigenvalue weighted by Gasteiger charge is 2.24. The Kier molecular flexibility index (Phi) is 7.47. The molecule has 0 bridgehead atoms. The Morgan fingerprint density at radius 1 is 1.00 bits per heavy atom. The van der Waals surface area contributed by atoms with E-state index in [1.807, 2.05) is 31.2 Å². The summed E-state index contributed by atoms with van der Waals surface area (Å²) in [6, 6.07) is 23.1. The van der Waals surface area contributed by atoms with Crippen molar-refractivity contribution >= 4 is 34.2 Å². The third-order valence-electron chi connectivity index (χ3n) is 6.77. The summed E-state index contributed by atoms with van der Waals surface area (Å²) in [7, 11) is 0. The maximum Gasteiger partial charge on any atom is 0.250 e. The number of thioether (sulfide) groups is 1. The van der Waals surface area contributed by atoms with Crippen molar-refractivity contribution in [2.45, 2.75) is 57.1 Å². The highest BCUT2D eigenvalue weighted by Crippen LogP contribution is 2.35. The Morgan fingerprint density at radius 3 is 2.56 bits per heavy atom. The lowest BCUT2D eigenvalue weighted by Gasteiger charge is -2.25. The molecule has 1 amide bonds. The molecule has 36 heavy (non-hydrogen) atoms. The average molecular weight is 498 g/mol. The number of benzene rings is 3. The predicted octanol–water partition coefficient (Wildman–Crippen LogP) is 6.54. The Hall–Kier alpha value is -3.45. The molecule has 1 saturated carbocycles. The largest absolute Gasteiger partial charge is 0.299 e. The van der Waals surface area contributed by atoms with Crippen LogP contribution >= 0.6 is 11.8 Å². The number of amides is 1. The molecule has 1 fully saturated rings. The zero-order valence-electron chi connectivity index (χ0n) is 20.8. The van der Waals surface area contributed by atoms with Crippen LogP contribution in [0.2, 0.25) is 0 Å². The molecule has 0 spiro atoms. The van der Waals surface area contributed by atoms with Gasteiger partial charge in [0, 0.05) is 17.2 Å². The number of carbonyl (C=O) groups is 1. The molecule has 0 aliphatic heterocycles. The van der Waals surface area contributed by atoms with Crippen LogP contribution in [0.25, 0.3) is 22.2 Å². The lowest BCUT2D eigenvalue weighted by Crippen LogP contribution is -2.22. The molecule has 1 heterocycles. The van der Waals surface area contributed by atoms with Crippen LogP contribution in [-0.4, -0.2) is 32.1 Å². The van der Waals surface area contributed by atoms with Gasteiger partial charge in [0.25, 0.3) is 5.91 Å². The first-order valence-corrected chi connectivity index (χ1v) is 13.5. The van der Waals surface area contributed by atoms with Gasteiger partial charge >= 0.3 is 0 Å². The molecule has 1 aliphatic rings. The van der Waals surface area contributed by atoms with Crippen molar-refractivity contribution in [3.05, 3.63) is 77.9 Å². The van der Waals surface area contributed by atoms with Gasteiger partial charge in [-0.05, 0) is 37.5 Å². The predicted molar refractivity (Wildman–Crippen MR) is 147 cm³/mol. The van der Waals surface area contributed by atoms with Crippen molar-refractivity contribution in [1.29, 1.82) is 0 Å². The first-order chi connectivity index (χ1) is 17.6. The lowest BCUT2D eigenvalue weighted by atomic mass is 9.95. The maximum atomic E-state index is 12.7. The molecular formula is C29H31N5OS. The molecule has 1 N–H and O–H groups in total. The van der Waals surface area contributed by atoms with Crippen LogP contribution in [0.5, 0.6) is 0 Å². The second-order valence-corrected chi connectivity index (χ2v) is 10.3. The molecule has 0 atom stereocenters. The van der Waals surface area contributed by atoms with Gasteiger partial charge in [-0.15, -0.1) is 10.2 Å². The SMILES string of the molecule is CC(=NNC(=O)CSc1nnc(-c2ccc(C)cc2)n1C1CCCCC1)c1cccc2ccccc12. The Labute approximate surface area is 216 Å². The number of nitrogens with one attached hydrogen (secondary N) is 1. The van der Waals surface area contributed by atoms with Gasteiger partial charge < -0.3 is 0 Å². The van der Waals surface area contributed by atoms with Crippen LogP contribution < -0.4 is 5.43 Å². The zero-order valence-corrected chi connectivity index (χ0v) is 21.6. The molecular weight excluding hydrogens is 466 g/mol. The van der Waals surface area contributed by atoms with Gasteiger partial charge in [-0.3, -0.25) is 9.36 Å². The van der Waals surface area contributed by atoms with Gasteiger partial charge in [0.15, 0.2) is 11.0 Å². The summed E-state index contributed by atoms with van der Waals surface area (Å²) in [5.74, 6) is 0.953. The molecule has 0 saturated heterocycles. The smallest absolute Gasteiger partial charge is 0.250 e. The second-order valence-electron chi connectivity index (χ2n) is 9.38. The van der Waals surface area contributed by atoms with E-state index in [2.05, 4.69) is 74.7 Å². The van der Waals surface area contributed by atoms with Crippen molar-refractivity contribution in [2.24, 2.45) is 5.10 Å². The van der Waals surface area contributed by atoms with Gasteiger partial charge in [-0.2, -0.15) is 5.10 Å². The molecule has 6 nitrogen and oxygen atoms in total. The fraction of sp³-hybridized carbons (Fsp3) is 0.310. The van der Waals surface area contributed by atoms with Gasteiger partial charge in [-0.1, -0.05) is 103 Å². The number of hydrazone groups is 1. The van der Waals surface area contributed by atoms with Crippen LogP contribution in [-0.2, 0) is 4.79 Å². The normalized spacial score (nSPS) is 14.8. The van der Waals surface area contributed by atoms with E-state index in [1.54, 1.807) is 0 Å². The van der Waals surface area contributed by atoms with E-state index in [4.69, 9.17) is 0 Å². The number of fused-ring (bicyclic) bond motifs is 1. The Morgan fingerprint density at radius 2 is 1.75 bits per heavy atom. The van der Waals surface area contributed by atoms with Gasteiger partial charge in [0.2, 0.25) is 0 Å². The first-order valence-electron chi connectivity index (χ1n) is 12.6.